The number of alkyl halides is 1. The molecule has 14 heavy (non-hydrogen) atoms. The molecule has 0 aliphatic heterocycles. The standard InChI is InChI=1S/C10H11Cl2NO/c11-4-1-2-9(14)6-8-3-5-13-7-10(8)12/h3,5,7H,1-2,4,6H2. The summed E-state index contributed by atoms with van der Waals surface area (Å²) in [6, 6.07) is 1.76. The van der Waals surface area contributed by atoms with Crippen molar-refractivity contribution >= 4 is 29.0 Å². The van der Waals surface area contributed by atoms with Gasteiger partial charge in [0.25, 0.3) is 0 Å². The summed E-state index contributed by atoms with van der Waals surface area (Å²) in [5, 5.41) is 0.548. The molecule has 0 saturated heterocycles. The first-order valence-corrected chi connectivity index (χ1v) is 5.31. The minimum atomic E-state index is 0.166. The Balaban J connectivity index is 2.52. The Bertz CT molecular complexity index is 315. The molecular weight excluding hydrogens is 221 g/mol. The van der Waals surface area contributed by atoms with Crippen LogP contribution in [0.5, 0.6) is 0 Å². The predicted octanol–water partition coefficient (Wildman–Crippen LogP) is 2.87. The summed E-state index contributed by atoms with van der Waals surface area (Å²) in [5.41, 5.74) is 0.834. The molecule has 0 aromatic carbocycles. The van der Waals surface area contributed by atoms with E-state index in [9.17, 15) is 4.79 Å². The van der Waals surface area contributed by atoms with Crippen molar-refractivity contribution in [2.75, 3.05) is 5.88 Å². The molecule has 1 aromatic heterocycles. The lowest BCUT2D eigenvalue weighted by atomic mass is 10.1. The summed E-state index contributed by atoms with van der Waals surface area (Å²) < 4.78 is 0. The van der Waals surface area contributed by atoms with Crippen LogP contribution in [0.3, 0.4) is 0 Å². The first kappa shape index (κ1) is 11.5. The number of carbonyl (C=O) groups is 1. The molecule has 2 nitrogen and oxygen atoms in total. The Morgan fingerprint density at radius 1 is 1.50 bits per heavy atom. The topological polar surface area (TPSA) is 30.0 Å². The van der Waals surface area contributed by atoms with Crippen LogP contribution in [-0.4, -0.2) is 16.6 Å². The van der Waals surface area contributed by atoms with Crippen molar-refractivity contribution in [1.29, 1.82) is 0 Å². The molecule has 0 aliphatic carbocycles. The van der Waals surface area contributed by atoms with Gasteiger partial charge in [-0.1, -0.05) is 11.6 Å². The molecule has 4 heteroatoms. The number of nitrogens with zero attached hydrogens (tertiary/aromatic N) is 1. The van der Waals surface area contributed by atoms with Crippen LogP contribution in [0, 0.1) is 0 Å². The lowest BCUT2D eigenvalue weighted by molar-refractivity contribution is -0.118. The number of aromatic nitrogens is 1. The monoisotopic (exact) mass is 231 g/mol. The molecule has 0 fully saturated rings. The smallest absolute Gasteiger partial charge is 0.137 e. The molecule has 0 unspecified atom stereocenters. The highest BCUT2D eigenvalue weighted by Crippen LogP contribution is 2.14. The van der Waals surface area contributed by atoms with Crippen molar-refractivity contribution < 1.29 is 4.79 Å². The second kappa shape index (κ2) is 5.99. The first-order chi connectivity index (χ1) is 6.74. The average molecular weight is 232 g/mol. The van der Waals surface area contributed by atoms with E-state index < -0.39 is 0 Å². The van der Waals surface area contributed by atoms with E-state index in [-0.39, 0.29) is 5.78 Å². The van der Waals surface area contributed by atoms with E-state index in [4.69, 9.17) is 23.2 Å². The lowest BCUT2D eigenvalue weighted by Crippen LogP contribution is -2.03. The molecule has 1 aromatic rings. The minimum Gasteiger partial charge on any atom is -0.299 e. The highest BCUT2D eigenvalue weighted by Gasteiger charge is 2.06. The molecule has 0 atom stereocenters. The highest BCUT2D eigenvalue weighted by atomic mass is 35.5. The quantitative estimate of drug-likeness (QED) is 0.730. The number of pyridine rings is 1. The molecule has 76 valence electrons. The summed E-state index contributed by atoms with van der Waals surface area (Å²) in [6.45, 7) is 0. The van der Waals surface area contributed by atoms with Gasteiger partial charge in [0, 0.05) is 31.1 Å². The Labute approximate surface area is 93.2 Å². The molecule has 1 heterocycles. The van der Waals surface area contributed by atoms with Crippen LogP contribution in [0.1, 0.15) is 18.4 Å². The predicted molar refractivity (Wildman–Crippen MR) is 57.9 cm³/mol. The maximum absolute atomic E-state index is 11.4. The van der Waals surface area contributed by atoms with Crippen molar-refractivity contribution in [1.82, 2.24) is 4.98 Å². The average Bonchev–Trinajstić information content (AvgIpc) is 2.18. The van der Waals surface area contributed by atoms with Gasteiger partial charge < -0.3 is 0 Å². The lowest BCUT2D eigenvalue weighted by Gasteiger charge is -2.01. The van der Waals surface area contributed by atoms with Gasteiger partial charge >= 0.3 is 0 Å². The zero-order valence-corrected chi connectivity index (χ0v) is 9.18. The van der Waals surface area contributed by atoms with Crippen molar-refractivity contribution in [3.05, 3.63) is 29.0 Å². The maximum Gasteiger partial charge on any atom is 0.137 e. The third-order valence-electron chi connectivity index (χ3n) is 1.83. The highest BCUT2D eigenvalue weighted by molar-refractivity contribution is 6.31. The van der Waals surface area contributed by atoms with Crippen LogP contribution in [0.15, 0.2) is 18.5 Å². The molecule has 0 radical (unpaired) electrons. The normalized spacial score (nSPS) is 10.1. The molecular formula is C10H11Cl2NO. The molecule has 0 N–H and O–H groups in total. The van der Waals surface area contributed by atoms with Gasteiger partial charge in [-0.05, 0) is 18.1 Å². The van der Waals surface area contributed by atoms with E-state index in [0.717, 1.165) is 12.0 Å². The largest absolute Gasteiger partial charge is 0.299 e. The van der Waals surface area contributed by atoms with Gasteiger partial charge in [0.2, 0.25) is 0 Å². The van der Waals surface area contributed by atoms with Gasteiger partial charge in [0.05, 0.1) is 5.02 Å². The maximum atomic E-state index is 11.4. The van der Waals surface area contributed by atoms with E-state index in [0.29, 0.717) is 23.7 Å². The second-order valence-corrected chi connectivity index (χ2v) is 3.76. The third-order valence-corrected chi connectivity index (χ3v) is 2.44. The molecule has 0 saturated carbocycles. The fraction of sp³-hybridized carbons (Fsp3) is 0.400. The van der Waals surface area contributed by atoms with Gasteiger partial charge in [-0.3, -0.25) is 9.78 Å². The number of hydrogen-bond donors (Lipinski definition) is 0. The van der Waals surface area contributed by atoms with E-state index >= 15 is 0 Å². The Hall–Kier alpha value is -0.600. The third kappa shape index (κ3) is 3.64. The zero-order chi connectivity index (χ0) is 10.4. The van der Waals surface area contributed by atoms with E-state index in [1.165, 1.54) is 0 Å². The number of halogens is 2. The molecule has 0 spiro atoms. The second-order valence-electron chi connectivity index (χ2n) is 2.98. The van der Waals surface area contributed by atoms with Gasteiger partial charge in [-0.25, -0.2) is 0 Å². The van der Waals surface area contributed by atoms with E-state index in [1.807, 2.05) is 0 Å². The van der Waals surface area contributed by atoms with Gasteiger partial charge in [0.15, 0.2) is 0 Å². The number of ketones is 1. The first-order valence-electron chi connectivity index (χ1n) is 4.40. The summed E-state index contributed by atoms with van der Waals surface area (Å²) >= 11 is 11.4. The molecule has 1 rings (SSSR count). The van der Waals surface area contributed by atoms with Crippen LogP contribution in [0.25, 0.3) is 0 Å². The van der Waals surface area contributed by atoms with Crippen molar-refractivity contribution in [2.24, 2.45) is 0 Å². The fourth-order valence-corrected chi connectivity index (χ4v) is 1.43. The summed E-state index contributed by atoms with van der Waals surface area (Å²) in [6.07, 6.45) is 4.80. The van der Waals surface area contributed by atoms with E-state index in [1.54, 1.807) is 18.5 Å². The Morgan fingerprint density at radius 3 is 2.93 bits per heavy atom. The van der Waals surface area contributed by atoms with Crippen LogP contribution in [-0.2, 0) is 11.2 Å². The summed E-state index contributed by atoms with van der Waals surface area (Å²) in [4.78, 5) is 15.2. The Morgan fingerprint density at radius 2 is 2.29 bits per heavy atom. The number of rotatable bonds is 5. The van der Waals surface area contributed by atoms with Crippen LogP contribution < -0.4 is 0 Å². The van der Waals surface area contributed by atoms with Gasteiger partial charge in [-0.2, -0.15) is 0 Å². The summed E-state index contributed by atoms with van der Waals surface area (Å²) in [5.74, 6) is 0.689. The number of Topliss-reactive ketones (excluding diaryl/α,β-unsaturated/α-hetero) is 1. The molecule has 0 amide bonds. The van der Waals surface area contributed by atoms with Crippen molar-refractivity contribution in [3.63, 3.8) is 0 Å². The van der Waals surface area contributed by atoms with Crippen molar-refractivity contribution in [2.45, 2.75) is 19.3 Å². The number of hydrogen-bond acceptors (Lipinski definition) is 2. The molecule has 0 bridgehead atoms. The number of carbonyl (C=O) groups excluding carboxylic acids is 1. The zero-order valence-electron chi connectivity index (χ0n) is 7.67. The molecule has 0 aliphatic rings. The summed E-state index contributed by atoms with van der Waals surface area (Å²) in [7, 11) is 0. The van der Waals surface area contributed by atoms with Crippen LogP contribution in [0.4, 0.5) is 0 Å². The van der Waals surface area contributed by atoms with Crippen LogP contribution in [0.2, 0.25) is 5.02 Å². The van der Waals surface area contributed by atoms with E-state index in [2.05, 4.69) is 4.98 Å². The van der Waals surface area contributed by atoms with Gasteiger partial charge in [0.1, 0.15) is 5.78 Å². The van der Waals surface area contributed by atoms with Gasteiger partial charge in [-0.15, -0.1) is 11.6 Å². The minimum absolute atomic E-state index is 0.166. The Kier molecular flexibility index (Phi) is 4.91. The van der Waals surface area contributed by atoms with Crippen molar-refractivity contribution in [3.8, 4) is 0 Å². The fourth-order valence-electron chi connectivity index (χ4n) is 1.11. The SMILES string of the molecule is O=C(CCCCl)Cc1ccncc1Cl. The van der Waals surface area contributed by atoms with Crippen LogP contribution >= 0.6 is 23.2 Å².